The average Bonchev–Trinajstić information content (AvgIpc) is 3.43. The zero-order valence-electron chi connectivity index (χ0n) is 32.7. The van der Waals surface area contributed by atoms with Gasteiger partial charge < -0.3 is 4.74 Å². The lowest BCUT2D eigenvalue weighted by molar-refractivity contribution is -0.267. The van der Waals surface area contributed by atoms with Crippen molar-refractivity contribution in [3.63, 3.8) is 0 Å². The maximum absolute atomic E-state index is 12.8. The summed E-state index contributed by atoms with van der Waals surface area (Å²) in [6.07, 6.45) is 36.3. The normalized spacial score (nSPS) is 32.6. The summed E-state index contributed by atoms with van der Waals surface area (Å²) in [6.45, 7) is 14.8. The van der Waals surface area contributed by atoms with Crippen molar-refractivity contribution in [1.82, 2.24) is 0 Å². The second-order valence-electron chi connectivity index (χ2n) is 17.9. The van der Waals surface area contributed by atoms with Crippen LogP contribution in [-0.4, -0.2) is 23.4 Å². The molecule has 4 heteroatoms. The van der Waals surface area contributed by atoms with Gasteiger partial charge in [-0.2, -0.15) is 0 Å². The Labute approximate surface area is 302 Å². The predicted octanol–water partition coefficient (Wildman–Crippen LogP) is 13.2. The van der Waals surface area contributed by atoms with Crippen LogP contribution in [0.2, 0.25) is 0 Å². The maximum Gasteiger partial charge on any atom is 0.306 e. The van der Waals surface area contributed by atoms with Crippen LogP contribution in [0.1, 0.15) is 183 Å². The highest BCUT2D eigenvalue weighted by Crippen LogP contribution is 2.67. The van der Waals surface area contributed by atoms with Crippen LogP contribution in [-0.2, 0) is 14.4 Å². The molecule has 0 aromatic rings. The van der Waals surface area contributed by atoms with Gasteiger partial charge in [-0.05, 0) is 117 Å². The first-order valence-electron chi connectivity index (χ1n) is 21.1. The molecule has 3 fully saturated rings. The Bertz CT molecular complexity index is 1070. The number of carbonyl (C=O) groups is 1. The minimum Gasteiger partial charge on any atom is -0.462 e. The number of carbonyl (C=O) groups excluding carboxylic acids is 1. The van der Waals surface area contributed by atoms with Crippen LogP contribution in [0, 0.1) is 46.3 Å². The number of allylic oxidation sites excluding steroid dienone is 4. The standard InChI is InChI=1S/C45H76O4/c1-7-8-9-10-11-13-16-22-37(49-47)23-17-14-12-15-18-24-43(46)48-38-29-31-44(5)36(33-38)25-26-39-41-28-27-40(35(4)21-19-20-34(2)3)45(41,6)32-30-42(39)44/h11,13,16,22,25,34-35,37-42,47H,7-10,12,14-15,17-21,23-24,26-33H2,1-6H3/b13-11-,22-16+/t35?,37-,38?,39?,40?,41?,42?,44+,45-/m1/s1. The van der Waals surface area contributed by atoms with E-state index in [0.29, 0.717) is 17.3 Å². The number of ether oxygens (including phenoxy) is 1. The summed E-state index contributed by atoms with van der Waals surface area (Å²) in [7, 11) is 0. The molecule has 0 heterocycles. The van der Waals surface area contributed by atoms with Crippen molar-refractivity contribution in [3.05, 3.63) is 36.0 Å². The SMILES string of the molecule is CCCCC/C=C\C=C\[C@H](CCCCCCCC(=O)OC1CC[C@@]2(C)C(=CCC3C4CCC(C(C)CCCC(C)C)[C@@]4(C)CCC32)C1)OO. The van der Waals surface area contributed by atoms with Crippen LogP contribution in [0.3, 0.4) is 0 Å². The van der Waals surface area contributed by atoms with E-state index in [2.05, 4.69) is 64.7 Å². The van der Waals surface area contributed by atoms with Crippen molar-refractivity contribution in [2.24, 2.45) is 46.3 Å². The van der Waals surface area contributed by atoms with Crippen LogP contribution in [0.15, 0.2) is 36.0 Å². The monoisotopic (exact) mass is 681 g/mol. The van der Waals surface area contributed by atoms with Crippen LogP contribution < -0.4 is 0 Å². The minimum absolute atomic E-state index is 0.00235. The Balaban J connectivity index is 1.14. The molecular formula is C45H76O4. The first-order valence-corrected chi connectivity index (χ1v) is 21.1. The molecule has 0 spiro atoms. The molecule has 1 N–H and O–H groups in total. The summed E-state index contributed by atoms with van der Waals surface area (Å²) >= 11 is 0. The van der Waals surface area contributed by atoms with Crippen LogP contribution in [0.25, 0.3) is 0 Å². The number of unbranched alkanes of at least 4 members (excludes halogenated alkanes) is 7. The Morgan fingerprint density at radius 3 is 2.47 bits per heavy atom. The molecule has 280 valence electrons. The summed E-state index contributed by atoms with van der Waals surface area (Å²) in [5.74, 6) is 5.14. The molecule has 0 aliphatic heterocycles. The fourth-order valence-corrected chi connectivity index (χ4v) is 11.2. The molecule has 49 heavy (non-hydrogen) atoms. The lowest BCUT2D eigenvalue weighted by atomic mass is 9.47. The van der Waals surface area contributed by atoms with Crippen molar-refractivity contribution < 1.29 is 19.7 Å². The molecule has 0 saturated heterocycles. The Morgan fingerprint density at radius 1 is 0.898 bits per heavy atom. The van der Waals surface area contributed by atoms with Crippen molar-refractivity contribution in [2.45, 2.75) is 195 Å². The molecule has 0 bridgehead atoms. The molecule has 0 aromatic heterocycles. The summed E-state index contributed by atoms with van der Waals surface area (Å²) < 4.78 is 6.10. The molecular weight excluding hydrogens is 604 g/mol. The van der Waals surface area contributed by atoms with Gasteiger partial charge in [-0.1, -0.05) is 135 Å². The van der Waals surface area contributed by atoms with Crippen LogP contribution in [0.4, 0.5) is 0 Å². The number of rotatable bonds is 21. The van der Waals surface area contributed by atoms with E-state index in [-0.39, 0.29) is 18.2 Å². The van der Waals surface area contributed by atoms with Crippen molar-refractivity contribution in [1.29, 1.82) is 0 Å². The number of esters is 1. The molecule has 9 atom stereocenters. The third-order valence-corrected chi connectivity index (χ3v) is 14.1. The Hall–Kier alpha value is -1.39. The highest BCUT2D eigenvalue weighted by Gasteiger charge is 2.59. The molecule has 4 rings (SSSR count). The van der Waals surface area contributed by atoms with E-state index >= 15 is 0 Å². The van der Waals surface area contributed by atoms with Crippen molar-refractivity contribution in [2.75, 3.05) is 0 Å². The summed E-state index contributed by atoms with van der Waals surface area (Å²) in [6, 6.07) is 0. The minimum atomic E-state index is -0.246. The Kier molecular flexibility index (Phi) is 16.5. The van der Waals surface area contributed by atoms with E-state index in [1.807, 2.05) is 12.2 Å². The molecule has 4 aliphatic rings. The molecule has 4 aliphatic carbocycles. The van der Waals surface area contributed by atoms with Gasteiger partial charge in [0.15, 0.2) is 0 Å². The van der Waals surface area contributed by atoms with Gasteiger partial charge in [0.1, 0.15) is 12.2 Å². The molecule has 0 aromatic carbocycles. The highest BCUT2D eigenvalue weighted by molar-refractivity contribution is 5.69. The van der Waals surface area contributed by atoms with Gasteiger partial charge >= 0.3 is 5.97 Å². The number of hydrogen-bond acceptors (Lipinski definition) is 4. The van der Waals surface area contributed by atoms with Gasteiger partial charge in [0.2, 0.25) is 0 Å². The predicted molar refractivity (Wildman–Crippen MR) is 205 cm³/mol. The molecule has 0 amide bonds. The van der Waals surface area contributed by atoms with Crippen molar-refractivity contribution >= 4 is 5.97 Å². The highest BCUT2D eigenvalue weighted by atomic mass is 17.1. The first-order chi connectivity index (χ1) is 23.6. The largest absolute Gasteiger partial charge is 0.462 e. The number of hydrogen-bond donors (Lipinski definition) is 1. The van der Waals surface area contributed by atoms with Crippen LogP contribution in [0.5, 0.6) is 0 Å². The molecule has 0 radical (unpaired) electrons. The first kappa shape index (κ1) is 40.4. The quantitative estimate of drug-likeness (QED) is 0.0327. The molecule has 6 unspecified atom stereocenters. The average molecular weight is 681 g/mol. The lowest BCUT2D eigenvalue weighted by Crippen LogP contribution is -2.51. The third-order valence-electron chi connectivity index (χ3n) is 14.1. The van der Waals surface area contributed by atoms with Gasteiger partial charge in [-0.15, -0.1) is 0 Å². The summed E-state index contributed by atoms with van der Waals surface area (Å²) in [5, 5.41) is 9.24. The topological polar surface area (TPSA) is 55.8 Å². The van der Waals surface area contributed by atoms with Gasteiger partial charge in [0.05, 0.1) is 0 Å². The maximum atomic E-state index is 12.8. The zero-order valence-corrected chi connectivity index (χ0v) is 32.7. The second-order valence-corrected chi connectivity index (χ2v) is 17.9. The summed E-state index contributed by atoms with van der Waals surface area (Å²) in [5.41, 5.74) is 2.45. The number of fused-ring (bicyclic) bond motifs is 5. The van der Waals surface area contributed by atoms with E-state index in [1.54, 1.807) is 5.57 Å². The van der Waals surface area contributed by atoms with E-state index in [1.165, 1.54) is 77.0 Å². The van der Waals surface area contributed by atoms with Crippen LogP contribution >= 0.6 is 0 Å². The van der Waals surface area contributed by atoms with E-state index in [0.717, 1.165) is 93.3 Å². The van der Waals surface area contributed by atoms with Gasteiger partial charge in [-0.25, -0.2) is 4.89 Å². The molecule has 4 nitrogen and oxygen atoms in total. The summed E-state index contributed by atoms with van der Waals surface area (Å²) in [4.78, 5) is 17.5. The van der Waals surface area contributed by atoms with Crippen molar-refractivity contribution in [3.8, 4) is 0 Å². The van der Waals surface area contributed by atoms with E-state index in [9.17, 15) is 10.1 Å². The zero-order chi connectivity index (χ0) is 35.3. The fraction of sp³-hybridized carbons (Fsp3) is 0.844. The van der Waals surface area contributed by atoms with Gasteiger partial charge in [0.25, 0.3) is 0 Å². The van der Waals surface area contributed by atoms with Gasteiger partial charge in [-0.3, -0.25) is 10.1 Å². The lowest BCUT2D eigenvalue weighted by Gasteiger charge is -2.58. The smallest absolute Gasteiger partial charge is 0.306 e. The van der Waals surface area contributed by atoms with E-state index in [4.69, 9.17) is 4.74 Å². The van der Waals surface area contributed by atoms with E-state index < -0.39 is 0 Å². The fourth-order valence-electron chi connectivity index (χ4n) is 11.2. The molecule has 3 saturated carbocycles. The second kappa shape index (κ2) is 20.0. The Morgan fingerprint density at radius 2 is 1.69 bits per heavy atom. The van der Waals surface area contributed by atoms with Gasteiger partial charge in [0, 0.05) is 12.8 Å². The third kappa shape index (κ3) is 11.1.